The van der Waals surface area contributed by atoms with Crippen LogP contribution in [0.5, 0.6) is 0 Å². The highest BCUT2D eigenvalue weighted by Crippen LogP contribution is 2.16. The number of rotatable bonds is 2. The summed E-state index contributed by atoms with van der Waals surface area (Å²) in [7, 11) is 0. The van der Waals surface area contributed by atoms with Crippen LogP contribution in [0.4, 0.5) is 0 Å². The molecule has 2 aromatic rings. The topological polar surface area (TPSA) is 17.8 Å². The third-order valence-electron chi connectivity index (χ3n) is 2.24. The number of benzene rings is 1. The van der Waals surface area contributed by atoms with E-state index >= 15 is 0 Å². The molecule has 0 bridgehead atoms. The summed E-state index contributed by atoms with van der Waals surface area (Å²) < 4.78 is 1.86. The summed E-state index contributed by atoms with van der Waals surface area (Å²) in [5, 5.41) is 5.99. The molecule has 0 spiro atoms. The molecule has 0 fully saturated rings. The molecule has 0 radical (unpaired) electrons. The lowest BCUT2D eigenvalue weighted by atomic mass is 10.3. The third kappa shape index (κ3) is 2.24. The summed E-state index contributed by atoms with van der Waals surface area (Å²) in [4.78, 5) is 0. The molecule has 0 atom stereocenters. The van der Waals surface area contributed by atoms with Crippen LogP contribution in [0, 0.1) is 6.92 Å². The molecule has 0 saturated heterocycles. The highest BCUT2D eigenvalue weighted by molar-refractivity contribution is 9.08. The van der Waals surface area contributed by atoms with Gasteiger partial charge in [0.05, 0.1) is 11.4 Å². The Bertz CT molecular complexity index is 462. The maximum absolute atomic E-state index is 5.83. The second kappa shape index (κ2) is 4.37. The number of halogens is 2. The first kappa shape index (κ1) is 10.7. The Balaban J connectivity index is 2.41. The predicted octanol–water partition coefficient (Wildman–Crippen LogP) is 3.73. The zero-order valence-electron chi connectivity index (χ0n) is 8.24. The summed E-state index contributed by atoms with van der Waals surface area (Å²) >= 11 is 9.26. The van der Waals surface area contributed by atoms with Crippen LogP contribution >= 0.6 is 27.5 Å². The van der Waals surface area contributed by atoms with Crippen molar-refractivity contribution < 1.29 is 0 Å². The molecule has 0 N–H and O–H groups in total. The summed E-state index contributed by atoms with van der Waals surface area (Å²) in [6.45, 7) is 2.00. The zero-order chi connectivity index (χ0) is 10.8. The van der Waals surface area contributed by atoms with E-state index in [0.29, 0.717) is 0 Å². The van der Waals surface area contributed by atoms with Gasteiger partial charge in [0.25, 0.3) is 0 Å². The average Bonchev–Trinajstić information content (AvgIpc) is 2.61. The van der Waals surface area contributed by atoms with E-state index in [4.69, 9.17) is 11.6 Å². The molecule has 0 unspecified atom stereocenters. The van der Waals surface area contributed by atoms with Crippen LogP contribution in [-0.2, 0) is 5.33 Å². The van der Waals surface area contributed by atoms with Crippen LogP contribution in [0.3, 0.4) is 0 Å². The Morgan fingerprint density at radius 3 is 2.53 bits per heavy atom. The second-order valence-corrected chi connectivity index (χ2v) is 4.29. The summed E-state index contributed by atoms with van der Waals surface area (Å²) in [5.74, 6) is 0. The Morgan fingerprint density at radius 1 is 1.33 bits per heavy atom. The summed E-state index contributed by atoms with van der Waals surface area (Å²) in [6, 6.07) is 7.63. The van der Waals surface area contributed by atoms with Gasteiger partial charge in [0.15, 0.2) is 0 Å². The van der Waals surface area contributed by atoms with Crippen LogP contribution in [0.25, 0.3) is 5.69 Å². The average molecular weight is 286 g/mol. The van der Waals surface area contributed by atoms with Crippen molar-refractivity contribution in [3.63, 3.8) is 0 Å². The quantitative estimate of drug-likeness (QED) is 0.769. The van der Waals surface area contributed by atoms with E-state index in [2.05, 4.69) is 21.0 Å². The molecule has 0 aliphatic heterocycles. The highest BCUT2D eigenvalue weighted by Gasteiger charge is 2.04. The Morgan fingerprint density at radius 2 is 2.00 bits per heavy atom. The number of alkyl halides is 1. The number of hydrogen-bond donors (Lipinski definition) is 0. The van der Waals surface area contributed by atoms with Crippen molar-refractivity contribution in [2.75, 3.05) is 0 Å². The minimum atomic E-state index is 0.739. The standard InChI is InChI=1S/C11H10BrClN2/c1-8-9(6-12)7-15(14-8)11-4-2-10(13)3-5-11/h2-5,7H,6H2,1H3. The first-order valence-electron chi connectivity index (χ1n) is 4.58. The molecule has 1 aromatic carbocycles. The number of hydrogen-bond acceptors (Lipinski definition) is 1. The van der Waals surface area contributed by atoms with Crippen molar-refractivity contribution in [3.05, 3.63) is 46.7 Å². The van der Waals surface area contributed by atoms with Crippen molar-refractivity contribution in [3.8, 4) is 5.69 Å². The van der Waals surface area contributed by atoms with E-state index < -0.39 is 0 Å². The zero-order valence-corrected chi connectivity index (χ0v) is 10.6. The van der Waals surface area contributed by atoms with Gasteiger partial charge in [-0.15, -0.1) is 0 Å². The van der Waals surface area contributed by atoms with Gasteiger partial charge in [-0.05, 0) is 31.2 Å². The lowest BCUT2D eigenvalue weighted by Gasteiger charge is -2.00. The normalized spacial score (nSPS) is 10.6. The van der Waals surface area contributed by atoms with Gasteiger partial charge in [-0.3, -0.25) is 0 Å². The molecule has 4 heteroatoms. The number of nitrogens with zero attached hydrogens (tertiary/aromatic N) is 2. The lowest BCUT2D eigenvalue weighted by molar-refractivity contribution is 0.863. The van der Waals surface area contributed by atoms with Gasteiger partial charge >= 0.3 is 0 Å². The van der Waals surface area contributed by atoms with Crippen LogP contribution in [-0.4, -0.2) is 9.78 Å². The fourth-order valence-electron chi connectivity index (χ4n) is 1.35. The van der Waals surface area contributed by atoms with Gasteiger partial charge in [0, 0.05) is 22.1 Å². The van der Waals surface area contributed by atoms with Gasteiger partial charge in [-0.1, -0.05) is 27.5 Å². The van der Waals surface area contributed by atoms with E-state index in [1.54, 1.807) is 0 Å². The van der Waals surface area contributed by atoms with Crippen LogP contribution in [0.15, 0.2) is 30.5 Å². The van der Waals surface area contributed by atoms with Crippen LogP contribution in [0.1, 0.15) is 11.3 Å². The van der Waals surface area contributed by atoms with Gasteiger partial charge in [0.1, 0.15) is 0 Å². The number of aryl methyl sites for hydroxylation is 1. The largest absolute Gasteiger partial charge is 0.240 e. The SMILES string of the molecule is Cc1nn(-c2ccc(Cl)cc2)cc1CBr. The van der Waals surface area contributed by atoms with Gasteiger partial charge < -0.3 is 0 Å². The molecule has 2 nitrogen and oxygen atoms in total. The molecule has 0 aliphatic carbocycles. The first-order valence-corrected chi connectivity index (χ1v) is 6.07. The molecule has 15 heavy (non-hydrogen) atoms. The predicted molar refractivity (Wildman–Crippen MR) is 65.9 cm³/mol. The van der Waals surface area contributed by atoms with Crippen molar-refractivity contribution in [1.29, 1.82) is 0 Å². The van der Waals surface area contributed by atoms with Gasteiger partial charge in [-0.25, -0.2) is 4.68 Å². The van der Waals surface area contributed by atoms with E-state index in [9.17, 15) is 0 Å². The maximum Gasteiger partial charge on any atom is 0.0646 e. The molecular formula is C11H10BrClN2. The second-order valence-electron chi connectivity index (χ2n) is 3.29. The van der Waals surface area contributed by atoms with E-state index in [-0.39, 0.29) is 0 Å². The Hall–Kier alpha value is -0.800. The molecule has 0 amide bonds. The molecule has 1 aromatic heterocycles. The van der Waals surface area contributed by atoms with Gasteiger partial charge in [-0.2, -0.15) is 5.10 Å². The monoisotopic (exact) mass is 284 g/mol. The molecule has 2 rings (SSSR count). The number of aromatic nitrogens is 2. The van der Waals surface area contributed by atoms with Gasteiger partial charge in [0.2, 0.25) is 0 Å². The van der Waals surface area contributed by atoms with E-state index in [1.807, 2.05) is 42.1 Å². The van der Waals surface area contributed by atoms with Crippen molar-refractivity contribution >= 4 is 27.5 Å². The highest BCUT2D eigenvalue weighted by atomic mass is 79.9. The van der Waals surface area contributed by atoms with Crippen LogP contribution in [0.2, 0.25) is 5.02 Å². The Kier molecular flexibility index (Phi) is 3.12. The molecule has 0 aliphatic rings. The van der Waals surface area contributed by atoms with E-state index in [1.165, 1.54) is 5.56 Å². The summed E-state index contributed by atoms with van der Waals surface area (Å²) in [5.41, 5.74) is 3.27. The molecule has 78 valence electrons. The fourth-order valence-corrected chi connectivity index (χ4v) is 2.03. The van der Waals surface area contributed by atoms with Crippen molar-refractivity contribution in [1.82, 2.24) is 9.78 Å². The summed E-state index contributed by atoms with van der Waals surface area (Å²) in [6.07, 6.45) is 2.02. The smallest absolute Gasteiger partial charge is 0.0646 e. The van der Waals surface area contributed by atoms with Crippen molar-refractivity contribution in [2.45, 2.75) is 12.3 Å². The Labute approximate surface area is 102 Å². The third-order valence-corrected chi connectivity index (χ3v) is 3.09. The molecular weight excluding hydrogens is 275 g/mol. The molecule has 0 saturated carbocycles. The minimum Gasteiger partial charge on any atom is -0.240 e. The minimum absolute atomic E-state index is 0.739. The lowest BCUT2D eigenvalue weighted by Crippen LogP contribution is -1.93. The fraction of sp³-hybridized carbons (Fsp3) is 0.182. The van der Waals surface area contributed by atoms with Crippen LogP contribution < -0.4 is 0 Å². The maximum atomic E-state index is 5.83. The molecule has 1 heterocycles. The van der Waals surface area contributed by atoms with Crippen molar-refractivity contribution in [2.24, 2.45) is 0 Å². The first-order chi connectivity index (χ1) is 7.20. The van der Waals surface area contributed by atoms with E-state index in [0.717, 1.165) is 21.7 Å².